The number of fused-ring (bicyclic) bond motifs is 1. The number of hydrogen-bond acceptors (Lipinski definition) is 2. The zero-order valence-electron chi connectivity index (χ0n) is 6.94. The van der Waals surface area contributed by atoms with Crippen molar-refractivity contribution in [1.82, 2.24) is 0 Å². The number of carbonyl (C=O) groups is 1. The van der Waals surface area contributed by atoms with Crippen molar-refractivity contribution in [1.29, 1.82) is 0 Å². The summed E-state index contributed by atoms with van der Waals surface area (Å²) in [5.74, 6) is 0.357. The fraction of sp³-hybridized carbons (Fsp3) is 0.222. The Morgan fingerprint density at radius 2 is 1.93 bits per heavy atom. The molecule has 0 fully saturated rings. The second-order valence-electron chi connectivity index (χ2n) is 2.88. The lowest BCUT2D eigenvalue weighted by Crippen LogP contribution is -2.15. The van der Waals surface area contributed by atoms with E-state index in [4.69, 9.17) is 39.5 Å². The lowest BCUT2D eigenvalue weighted by molar-refractivity contribution is 0.0934. The second kappa shape index (κ2) is 3.61. The van der Waals surface area contributed by atoms with Crippen molar-refractivity contribution >= 4 is 40.6 Å². The van der Waals surface area contributed by atoms with Crippen molar-refractivity contribution < 1.29 is 9.53 Å². The highest BCUT2D eigenvalue weighted by Gasteiger charge is 2.24. The van der Waals surface area contributed by atoms with Crippen LogP contribution in [-0.4, -0.2) is 12.4 Å². The smallest absolute Gasteiger partial charge is 0.171 e. The van der Waals surface area contributed by atoms with E-state index in [1.807, 2.05) is 0 Å². The van der Waals surface area contributed by atoms with Gasteiger partial charge in [-0.25, -0.2) is 0 Å². The van der Waals surface area contributed by atoms with Crippen molar-refractivity contribution in [3.8, 4) is 5.75 Å². The van der Waals surface area contributed by atoms with Crippen LogP contribution in [0.4, 0.5) is 0 Å². The minimum atomic E-state index is -0.0604. The third kappa shape index (κ3) is 1.48. The number of rotatable bonds is 0. The molecule has 1 aromatic rings. The molecule has 0 unspecified atom stereocenters. The lowest BCUT2D eigenvalue weighted by Gasteiger charge is -2.18. The standard InChI is InChI=1S/C9H5Cl3O2/c10-4-3-6-7(9(12)8(4)11)5(13)1-2-14-6/h3H,1-2H2. The molecule has 1 aliphatic heterocycles. The molecular formula is C9H5Cl3O2. The molecule has 0 saturated heterocycles. The summed E-state index contributed by atoms with van der Waals surface area (Å²) in [4.78, 5) is 11.5. The van der Waals surface area contributed by atoms with E-state index in [0.717, 1.165) is 0 Å². The van der Waals surface area contributed by atoms with Crippen molar-refractivity contribution in [3.63, 3.8) is 0 Å². The minimum absolute atomic E-state index is 0.0604. The number of Topliss-reactive ketones (excluding diaryl/α,β-unsaturated/α-hetero) is 1. The molecule has 1 aromatic carbocycles. The first-order chi connectivity index (χ1) is 6.61. The Hall–Kier alpha value is -0.440. The van der Waals surface area contributed by atoms with Crippen LogP contribution >= 0.6 is 34.8 Å². The first-order valence-corrected chi connectivity index (χ1v) is 5.08. The van der Waals surface area contributed by atoms with Crippen LogP contribution < -0.4 is 4.74 Å². The molecule has 0 amide bonds. The first kappa shape index (κ1) is 10.1. The zero-order chi connectivity index (χ0) is 10.3. The first-order valence-electron chi connectivity index (χ1n) is 3.94. The van der Waals surface area contributed by atoms with Gasteiger partial charge in [-0.2, -0.15) is 0 Å². The summed E-state index contributed by atoms with van der Waals surface area (Å²) < 4.78 is 5.26. The predicted octanol–water partition coefficient (Wildman–Crippen LogP) is 3.61. The van der Waals surface area contributed by atoms with E-state index in [1.54, 1.807) is 0 Å². The largest absolute Gasteiger partial charge is 0.492 e. The van der Waals surface area contributed by atoms with Gasteiger partial charge in [-0.15, -0.1) is 0 Å². The van der Waals surface area contributed by atoms with Crippen LogP contribution in [0.25, 0.3) is 0 Å². The summed E-state index contributed by atoms with van der Waals surface area (Å²) >= 11 is 17.5. The SMILES string of the molecule is O=C1CCOc2cc(Cl)c(Cl)c(Cl)c21. The average Bonchev–Trinajstić information content (AvgIpc) is 2.14. The number of hydrogen-bond donors (Lipinski definition) is 0. The third-order valence-corrected chi connectivity index (χ3v) is 3.25. The highest BCUT2D eigenvalue weighted by atomic mass is 35.5. The topological polar surface area (TPSA) is 26.3 Å². The van der Waals surface area contributed by atoms with Gasteiger partial charge < -0.3 is 4.74 Å². The van der Waals surface area contributed by atoms with E-state index < -0.39 is 0 Å². The molecule has 5 heteroatoms. The van der Waals surface area contributed by atoms with Gasteiger partial charge in [0.1, 0.15) is 5.75 Å². The Bertz CT molecular complexity index is 415. The average molecular weight is 251 g/mol. The normalized spacial score (nSPS) is 14.9. The molecule has 0 spiro atoms. The maximum atomic E-state index is 11.5. The molecule has 0 saturated carbocycles. The molecule has 2 nitrogen and oxygen atoms in total. The minimum Gasteiger partial charge on any atom is -0.492 e. The molecule has 2 rings (SSSR count). The van der Waals surface area contributed by atoms with Crippen LogP contribution in [0.3, 0.4) is 0 Å². The van der Waals surface area contributed by atoms with Crippen LogP contribution in [0.15, 0.2) is 6.07 Å². The number of benzene rings is 1. The number of ketones is 1. The Morgan fingerprint density at radius 3 is 2.64 bits per heavy atom. The number of carbonyl (C=O) groups excluding carboxylic acids is 1. The van der Waals surface area contributed by atoms with Crippen LogP contribution in [0.2, 0.25) is 15.1 Å². The highest BCUT2D eigenvalue weighted by Crippen LogP contribution is 2.40. The van der Waals surface area contributed by atoms with Gasteiger partial charge in [0.2, 0.25) is 0 Å². The van der Waals surface area contributed by atoms with Gasteiger partial charge in [0, 0.05) is 12.5 Å². The summed E-state index contributed by atoms with van der Waals surface area (Å²) in [7, 11) is 0. The van der Waals surface area contributed by atoms with Crippen LogP contribution in [-0.2, 0) is 0 Å². The third-order valence-electron chi connectivity index (χ3n) is 1.99. The molecule has 74 valence electrons. The van der Waals surface area contributed by atoms with E-state index in [-0.39, 0.29) is 15.8 Å². The van der Waals surface area contributed by atoms with Crippen molar-refractivity contribution in [2.45, 2.75) is 6.42 Å². The van der Waals surface area contributed by atoms with Gasteiger partial charge in [0.05, 0.1) is 27.2 Å². The monoisotopic (exact) mass is 250 g/mol. The van der Waals surface area contributed by atoms with Gasteiger partial charge in [-0.1, -0.05) is 34.8 Å². The Morgan fingerprint density at radius 1 is 1.21 bits per heavy atom. The van der Waals surface area contributed by atoms with E-state index in [0.29, 0.717) is 29.4 Å². The van der Waals surface area contributed by atoms with Gasteiger partial charge in [-0.3, -0.25) is 4.79 Å². The van der Waals surface area contributed by atoms with Crippen LogP contribution in [0, 0.1) is 0 Å². The molecule has 0 atom stereocenters. The fourth-order valence-electron chi connectivity index (χ4n) is 1.33. The molecule has 0 N–H and O–H groups in total. The molecule has 0 radical (unpaired) electrons. The molecular weight excluding hydrogens is 246 g/mol. The predicted molar refractivity (Wildman–Crippen MR) is 55.9 cm³/mol. The summed E-state index contributed by atoms with van der Waals surface area (Å²) in [5.41, 5.74) is 0.340. The molecule has 0 aliphatic carbocycles. The zero-order valence-corrected chi connectivity index (χ0v) is 9.21. The quantitative estimate of drug-likeness (QED) is 0.658. The van der Waals surface area contributed by atoms with E-state index in [9.17, 15) is 4.79 Å². The summed E-state index contributed by atoms with van der Waals surface area (Å²) in [6, 6.07) is 1.52. The molecule has 1 heterocycles. The maximum absolute atomic E-state index is 11.5. The molecule has 14 heavy (non-hydrogen) atoms. The van der Waals surface area contributed by atoms with E-state index in [1.165, 1.54) is 6.07 Å². The second-order valence-corrected chi connectivity index (χ2v) is 4.04. The summed E-state index contributed by atoms with van der Waals surface area (Å²) in [5, 5.41) is 0.676. The van der Waals surface area contributed by atoms with Gasteiger partial charge >= 0.3 is 0 Å². The van der Waals surface area contributed by atoms with Crippen molar-refractivity contribution in [2.75, 3.05) is 6.61 Å². The summed E-state index contributed by atoms with van der Waals surface area (Å²) in [6.45, 7) is 0.361. The van der Waals surface area contributed by atoms with E-state index in [2.05, 4.69) is 0 Å². The lowest BCUT2D eigenvalue weighted by atomic mass is 10.1. The Balaban J connectivity index is 2.70. The fourth-order valence-corrected chi connectivity index (χ4v) is 2.02. The maximum Gasteiger partial charge on any atom is 0.171 e. The van der Waals surface area contributed by atoms with Crippen LogP contribution in [0.5, 0.6) is 5.75 Å². The molecule has 0 aromatic heterocycles. The van der Waals surface area contributed by atoms with E-state index >= 15 is 0 Å². The van der Waals surface area contributed by atoms with Gasteiger partial charge in [0.25, 0.3) is 0 Å². The Kier molecular flexibility index (Phi) is 2.60. The van der Waals surface area contributed by atoms with Gasteiger partial charge in [0.15, 0.2) is 5.78 Å². The number of ether oxygens (including phenoxy) is 1. The van der Waals surface area contributed by atoms with Gasteiger partial charge in [-0.05, 0) is 0 Å². The number of halogens is 3. The van der Waals surface area contributed by atoms with Crippen molar-refractivity contribution in [3.05, 3.63) is 26.7 Å². The summed E-state index contributed by atoms with van der Waals surface area (Å²) in [6.07, 6.45) is 0.324. The molecule has 0 bridgehead atoms. The molecule has 1 aliphatic rings. The van der Waals surface area contributed by atoms with Crippen LogP contribution in [0.1, 0.15) is 16.8 Å². The Labute approximate surface area is 95.7 Å². The highest BCUT2D eigenvalue weighted by molar-refractivity contribution is 6.49. The van der Waals surface area contributed by atoms with Crippen molar-refractivity contribution in [2.24, 2.45) is 0 Å².